The van der Waals surface area contributed by atoms with Crippen molar-refractivity contribution < 1.29 is 9.46 Å². The SMILES string of the molecule is CCC(C)(C)C[P+](=O)O. The van der Waals surface area contributed by atoms with E-state index in [1.54, 1.807) is 0 Å². The zero-order chi connectivity index (χ0) is 7.49. The summed E-state index contributed by atoms with van der Waals surface area (Å²) in [6.07, 6.45) is 1.37. The summed E-state index contributed by atoms with van der Waals surface area (Å²) >= 11 is 0. The molecule has 0 aliphatic heterocycles. The maximum absolute atomic E-state index is 10.3. The summed E-state index contributed by atoms with van der Waals surface area (Å²) < 4.78 is 10.3. The zero-order valence-corrected chi connectivity index (χ0v) is 7.11. The van der Waals surface area contributed by atoms with E-state index in [2.05, 4.69) is 0 Å². The Morgan fingerprint density at radius 1 is 1.56 bits per heavy atom. The molecule has 3 heteroatoms. The standard InChI is InChI=1S/C6H13O2P/c1-4-6(2,3)5-9(7)8/h4-5H2,1-3H3/p+1. The molecular formula is C6H14O2P+. The first-order valence-electron chi connectivity index (χ1n) is 3.11. The minimum absolute atomic E-state index is 0.0300. The van der Waals surface area contributed by atoms with Crippen molar-refractivity contribution >= 4 is 8.03 Å². The number of hydrogen-bond acceptors (Lipinski definition) is 1. The average molecular weight is 149 g/mol. The Morgan fingerprint density at radius 2 is 2.00 bits per heavy atom. The monoisotopic (exact) mass is 149 g/mol. The predicted octanol–water partition coefficient (Wildman–Crippen LogP) is 2.16. The lowest BCUT2D eigenvalue weighted by Gasteiger charge is -2.13. The van der Waals surface area contributed by atoms with Gasteiger partial charge in [-0.1, -0.05) is 20.8 Å². The van der Waals surface area contributed by atoms with Crippen molar-refractivity contribution in [1.29, 1.82) is 0 Å². The summed E-state index contributed by atoms with van der Waals surface area (Å²) in [6.45, 7) is 6.02. The van der Waals surface area contributed by atoms with Crippen LogP contribution in [0.25, 0.3) is 0 Å². The van der Waals surface area contributed by atoms with Gasteiger partial charge in [-0.25, -0.2) is 0 Å². The highest BCUT2D eigenvalue weighted by molar-refractivity contribution is 7.38. The molecule has 2 nitrogen and oxygen atoms in total. The molecule has 1 N–H and O–H groups in total. The van der Waals surface area contributed by atoms with Crippen molar-refractivity contribution in [2.24, 2.45) is 5.41 Å². The van der Waals surface area contributed by atoms with Gasteiger partial charge in [-0.2, -0.15) is 4.89 Å². The van der Waals surface area contributed by atoms with Gasteiger partial charge in [0.05, 0.1) is 0 Å². The van der Waals surface area contributed by atoms with Crippen LogP contribution in [-0.4, -0.2) is 11.1 Å². The van der Waals surface area contributed by atoms with Crippen LogP contribution < -0.4 is 0 Å². The second kappa shape index (κ2) is 3.28. The molecule has 54 valence electrons. The van der Waals surface area contributed by atoms with Gasteiger partial charge < -0.3 is 0 Å². The van der Waals surface area contributed by atoms with Crippen LogP contribution in [0.1, 0.15) is 27.2 Å². The van der Waals surface area contributed by atoms with Gasteiger partial charge >= 0.3 is 8.03 Å². The molecule has 0 heterocycles. The smallest absolute Gasteiger partial charge is 0.161 e. The summed E-state index contributed by atoms with van der Waals surface area (Å²) in [5.74, 6) is 0. The molecule has 1 unspecified atom stereocenters. The van der Waals surface area contributed by atoms with Crippen LogP contribution in [0.3, 0.4) is 0 Å². The predicted molar refractivity (Wildman–Crippen MR) is 38.8 cm³/mol. The molecule has 0 aliphatic carbocycles. The lowest BCUT2D eigenvalue weighted by atomic mass is 9.93. The van der Waals surface area contributed by atoms with Crippen molar-refractivity contribution in [2.45, 2.75) is 27.2 Å². The lowest BCUT2D eigenvalue weighted by Crippen LogP contribution is -2.12. The molecule has 0 aromatic heterocycles. The summed E-state index contributed by atoms with van der Waals surface area (Å²) in [5.41, 5.74) is 0.0300. The van der Waals surface area contributed by atoms with E-state index >= 15 is 0 Å². The van der Waals surface area contributed by atoms with Crippen molar-refractivity contribution in [3.8, 4) is 0 Å². The quantitative estimate of drug-likeness (QED) is 0.624. The lowest BCUT2D eigenvalue weighted by molar-refractivity contribution is 0.384. The fraction of sp³-hybridized carbons (Fsp3) is 1.00. The van der Waals surface area contributed by atoms with Gasteiger partial charge in [0.1, 0.15) is 0 Å². The zero-order valence-electron chi connectivity index (χ0n) is 6.22. The van der Waals surface area contributed by atoms with Crippen LogP contribution in [0, 0.1) is 5.41 Å². The molecule has 0 fully saturated rings. The maximum Gasteiger partial charge on any atom is 0.505 e. The molecule has 0 radical (unpaired) electrons. The van der Waals surface area contributed by atoms with Crippen LogP contribution in [0.2, 0.25) is 0 Å². The Kier molecular flexibility index (Phi) is 3.31. The van der Waals surface area contributed by atoms with E-state index in [-0.39, 0.29) is 5.41 Å². The van der Waals surface area contributed by atoms with E-state index in [0.29, 0.717) is 6.16 Å². The molecular weight excluding hydrogens is 135 g/mol. The number of hydrogen-bond donors (Lipinski definition) is 1. The second-order valence-corrected chi connectivity index (χ2v) is 4.05. The minimum Gasteiger partial charge on any atom is -0.161 e. The van der Waals surface area contributed by atoms with E-state index in [4.69, 9.17) is 4.89 Å². The van der Waals surface area contributed by atoms with Crippen LogP contribution >= 0.6 is 8.03 Å². The normalized spacial score (nSPS) is 13.6. The first kappa shape index (κ1) is 9.06. The molecule has 0 spiro atoms. The minimum atomic E-state index is -1.94. The first-order valence-corrected chi connectivity index (χ1v) is 4.51. The maximum atomic E-state index is 10.3. The van der Waals surface area contributed by atoms with Gasteiger partial charge in [0.15, 0.2) is 6.16 Å². The molecule has 0 aromatic rings. The third-order valence-corrected chi connectivity index (χ3v) is 2.65. The molecule has 0 saturated carbocycles. The Bertz CT molecular complexity index is 110. The fourth-order valence-corrected chi connectivity index (χ4v) is 1.43. The van der Waals surface area contributed by atoms with Gasteiger partial charge in [-0.3, -0.25) is 0 Å². The topological polar surface area (TPSA) is 37.3 Å². The van der Waals surface area contributed by atoms with Crippen LogP contribution in [-0.2, 0) is 4.57 Å². The molecule has 0 aromatic carbocycles. The average Bonchev–Trinajstić information content (AvgIpc) is 1.63. The molecule has 0 saturated heterocycles. The van der Waals surface area contributed by atoms with E-state index in [1.165, 1.54) is 0 Å². The van der Waals surface area contributed by atoms with Crippen molar-refractivity contribution in [3.63, 3.8) is 0 Å². The molecule has 1 atom stereocenters. The van der Waals surface area contributed by atoms with Gasteiger partial charge in [0, 0.05) is 5.41 Å². The van der Waals surface area contributed by atoms with Crippen molar-refractivity contribution in [3.05, 3.63) is 0 Å². The van der Waals surface area contributed by atoms with Gasteiger partial charge in [0.2, 0.25) is 0 Å². The van der Waals surface area contributed by atoms with Crippen molar-refractivity contribution in [2.75, 3.05) is 6.16 Å². The Hall–Kier alpha value is 0.0600. The Morgan fingerprint density at radius 3 is 2.11 bits per heavy atom. The van der Waals surface area contributed by atoms with Gasteiger partial charge in [0.25, 0.3) is 0 Å². The Labute approximate surface area is 57.1 Å². The number of rotatable bonds is 3. The summed E-state index contributed by atoms with van der Waals surface area (Å²) in [4.78, 5) is 8.53. The van der Waals surface area contributed by atoms with E-state index < -0.39 is 8.03 Å². The molecule has 0 aliphatic rings. The van der Waals surface area contributed by atoms with Crippen LogP contribution in [0.15, 0.2) is 0 Å². The highest BCUT2D eigenvalue weighted by Gasteiger charge is 2.26. The van der Waals surface area contributed by atoms with E-state index in [9.17, 15) is 4.57 Å². The summed E-state index contributed by atoms with van der Waals surface area (Å²) in [7, 11) is -1.94. The third kappa shape index (κ3) is 4.56. The molecule has 0 rings (SSSR count). The van der Waals surface area contributed by atoms with Gasteiger partial charge in [-0.15, -0.1) is 0 Å². The highest BCUT2D eigenvalue weighted by Crippen LogP contribution is 2.30. The molecule has 0 amide bonds. The fourth-order valence-electron chi connectivity index (χ4n) is 0.478. The largest absolute Gasteiger partial charge is 0.505 e. The first-order chi connectivity index (χ1) is 3.98. The molecule has 0 bridgehead atoms. The highest BCUT2D eigenvalue weighted by atomic mass is 31.1. The Balaban J connectivity index is 3.71. The van der Waals surface area contributed by atoms with E-state index in [0.717, 1.165) is 6.42 Å². The summed E-state index contributed by atoms with van der Waals surface area (Å²) in [5, 5.41) is 0. The van der Waals surface area contributed by atoms with Crippen molar-refractivity contribution in [1.82, 2.24) is 0 Å². The van der Waals surface area contributed by atoms with Crippen LogP contribution in [0.4, 0.5) is 0 Å². The van der Waals surface area contributed by atoms with Crippen LogP contribution in [0.5, 0.6) is 0 Å². The van der Waals surface area contributed by atoms with E-state index in [1.807, 2.05) is 20.8 Å². The second-order valence-electron chi connectivity index (χ2n) is 3.03. The third-order valence-electron chi connectivity index (χ3n) is 1.52. The summed E-state index contributed by atoms with van der Waals surface area (Å²) in [6, 6.07) is 0. The van der Waals surface area contributed by atoms with Gasteiger partial charge in [-0.05, 0) is 11.0 Å². The molecule has 9 heavy (non-hydrogen) atoms.